The third-order valence-corrected chi connectivity index (χ3v) is 6.44. The van der Waals surface area contributed by atoms with E-state index in [9.17, 15) is 0 Å². The zero-order valence-electron chi connectivity index (χ0n) is 15.7. The van der Waals surface area contributed by atoms with Gasteiger partial charge in [-0.1, -0.05) is 61.1 Å². The van der Waals surface area contributed by atoms with Gasteiger partial charge in [0.2, 0.25) is 0 Å². The van der Waals surface area contributed by atoms with Crippen LogP contribution < -0.4 is 0 Å². The second-order valence-corrected chi connectivity index (χ2v) is 7.98. The van der Waals surface area contributed by atoms with Crippen LogP contribution in [0.1, 0.15) is 59.8 Å². The molecule has 4 atom stereocenters. The van der Waals surface area contributed by atoms with Gasteiger partial charge in [-0.15, -0.1) is 35.4 Å². The molecule has 134 valence electrons. The molecule has 0 aromatic heterocycles. The van der Waals surface area contributed by atoms with Crippen LogP contribution in [-0.2, 0) is 26.2 Å². The molecule has 4 aliphatic rings. The zero-order valence-corrected chi connectivity index (χ0v) is 18.2. The van der Waals surface area contributed by atoms with E-state index < -0.39 is 0 Å². The molecule has 0 amide bonds. The molecule has 0 spiro atoms. The first kappa shape index (κ1) is 18.9. The SMILES string of the molecule is C1=CC2c3ccccc3[CH-]C2CC1.C1=CC2c3ccccc3[CH-]C2CC1.[Zr+2]. The van der Waals surface area contributed by atoms with Crippen molar-refractivity contribution in [3.8, 4) is 0 Å². The van der Waals surface area contributed by atoms with E-state index >= 15 is 0 Å². The maximum absolute atomic E-state index is 2.45. The Morgan fingerprint density at radius 3 is 1.56 bits per heavy atom. The van der Waals surface area contributed by atoms with Crippen molar-refractivity contribution in [1.82, 2.24) is 0 Å². The molecule has 0 radical (unpaired) electrons. The maximum Gasteiger partial charge on any atom is 2.00 e. The van der Waals surface area contributed by atoms with E-state index in [-0.39, 0.29) is 26.2 Å². The van der Waals surface area contributed by atoms with Crippen molar-refractivity contribution in [2.24, 2.45) is 11.8 Å². The molecule has 4 unspecified atom stereocenters. The summed E-state index contributed by atoms with van der Waals surface area (Å²) in [5, 5.41) is 0. The minimum atomic E-state index is 0. The largest absolute Gasteiger partial charge is 2.00 e. The fourth-order valence-corrected chi connectivity index (χ4v) is 5.14. The number of allylic oxidation sites excluding steroid dienone is 4. The van der Waals surface area contributed by atoms with Crippen molar-refractivity contribution < 1.29 is 26.2 Å². The van der Waals surface area contributed by atoms with Gasteiger partial charge in [0.1, 0.15) is 0 Å². The molecule has 0 saturated carbocycles. The van der Waals surface area contributed by atoms with E-state index in [1.807, 2.05) is 0 Å². The van der Waals surface area contributed by atoms with Gasteiger partial charge in [0.25, 0.3) is 0 Å². The molecule has 1 heteroatoms. The molecule has 2 aromatic rings. The van der Waals surface area contributed by atoms with Gasteiger partial charge in [0, 0.05) is 0 Å². The maximum atomic E-state index is 2.45. The monoisotopic (exact) mass is 428 g/mol. The smallest absolute Gasteiger partial charge is 0.188 e. The van der Waals surface area contributed by atoms with Crippen molar-refractivity contribution >= 4 is 0 Å². The fourth-order valence-electron chi connectivity index (χ4n) is 5.14. The summed E-state index contributed by atoms with van der Waals surface area (Å²) in [4.78, 5) is 0. The number of benzene rings is 2. The van der Waals surface area contributed by atoms with Crippen LogP contribution in [0.15, 0.2) is 72.8 Å². The third-order valence-electron chi connectivity index (χ3n) is 6.44. The number of hydrogen-bond donors (Lipinski definition) is 0. The standard InChI is InChI=1S/2C13H13.Zr/c2*1-3-7-12-10(5-1)9-11-6-2-4-8-13(11)12;/h2*1,3-5,7-9,11,13H,2,6H2;/q2*-1;+2. The summed E-state index contributed by atoms with van der Waals surface area (Å²) in [5.74, 6) is 2.93. The summed E-state index contributed by atoms with van der Waals surface area (Å²) in [5.41, 5.74) is 5.99. The summed E-state index contributed by atoms with van der Waals surface area (Å²) in [7, 11) is 0. The number of rotatable bonds is 0. The molecule has 0 aliphatic heterocycles. The van der Waals surface area contributed by atoms with Gasteiger partial charge < -0.3 is 0 Å². The first-order valence-corrected chi connectivity index (χ1v) is 10.1. The van der Waals surface area contributed by atoms with Gasteiger partial charge in [-0.25, -0.2) is 0 Å². The van der Waals surface area contributed by atoms with Crippen LogP contribution in [0, 0.1) is 24.7 Å². The Morgan fingerprint density at radius 2 is 1.07 bits per heavy atom. The first-order chi connectivity index (χ1) is 12.9. The minimum Gasteiger partial charge on any atom is -0.188 e. The van der Waals surface area contributed by atoms with Gasteiger partial charge in [0.05, 0.1) is 0 Å². The van der Waals surface area contributed by atoms with Gasteiger partial charge in [-0.05, 0) is 24.7 Å². The molecule has 0 nitrogen and oxygen atoms in total. The topological polar surface area (TPSA) is 0 Å². The van der Waals surface area contributed by atoms with Crippen molar-refractivity contribution in [3.05, 3.63) is 108 Å². The van der Waals surface area contributed by atoms with Crippen LogP contribution in [-0.4, -0.2) is 0 Å². The zero-order chi connectivity index (χ0) is 17.3. The molecular weight excluding hydrogens is 404 g/mol. The Bertz CT molecular complexity index is 775. The van der Waals surface area contributed by atoms with Crippen LogP contribution in [0.5, 0.6) is 0 Å². The number of fused-ring (bicyclic) bond motifs is 6. The quantitative estimate of drug-likeness (QED) is 0.327. The Morgan fingerprint density at radius 1 is 0.630 bits per heavy atom. The summed E-state index contributed by atoms with van der Waals surface area (Å²) in [6.07, 6.45) is 19.5. The summed E-state index contributed by atoms with van der Waals surface area (Å²) >= 11 is 0. The van der Waals surface area contributed by atoms with Crippen LogP contribution in [0.3, 0.4) is 0 Å². The van der Waals surface area contributed by atoms with E-state index in [1.165, 1.54) is 47.9 Å². The van der Waals surface area contributed by atoms with Crippen molar-refractivity contribution in [1.29, 1.82) is 0 Å². The van der Waals surface area contributed by atoms with Crippen LogP contribution in [0.25, 0.3) is 0 Å². The summed E-state index contributed by atoms with van der Waals surface area (Å²) in [6.45, 7) is 0. The molecule has 0 fully saturated rings. The normalized spacial score (nSPS) is 28.1. The molecule has 0 bridgehead atoms. The molecular formula is C26H26Zr. The van der Waals surface area contributed by atoms with Gasteiger partial charge in [-0.2, -0.15) is 36.1 Å². The molecule has 2 aromatic carbocycles. The average Bonchev–Trinajstić information content (AvgIpc) is 3.27. The number of hydrogen-bond acceptors (Lipinski definition) is 0. The Labute approximate surface area is 182 Å². The van der Waals surface area contributed by atoms with Gasteiger partial charge in [-0.3, -0.25) is 0 Å². The predicted molar refractivity (Wildman–Crippen MR) is 109 cm³/mol. The van der Waals surface area contributed by atoms with E-state index in [0.717, 1.165) is 11.8 Å². The minimum absolute atomic E-state index is 0. The summed E-state index contributed by atoms with van der Waals surface area (Å²) < 4.78 is 0. The Hall–Kier alpha value is -1.46. The summed E-state index contributed by atoms with van der Waals surface area (Å²) in [6, 6.07) is 17.6. The third kappa shape index (κ3) is 3.64. The Balaban J connectivity index is 0.000000129. The average molecular weight is 430 g/mol. The van der Waals surface area contributed by atoms with Gasteiger partial charge in [0.15, 0.2) is 0 Å². The van der Waals surface area contributed by atoms with Crippen molar-refractivity contribution in [2.45, 2.75) is 37.5 Å². The first-order valence-electron chi connectivity index (χ1n) is 10.1. The van der Waals surface area contributed by atoms with E-state index in [2.05, 4.69) is 85.7 Å². The molecule has 4 aliphatic carbocycles. The van der Waals surface area contributed by atoms with E-state index in [4.69, 9.17) is 0 Å². The molecule has 0 heterocycles. The van der Waals surface area contributed by atoms with E-state index in [1.54, 1.807) is 0 Å². The van der Waals surface area contributed by atoms with Gasteiger partial charge >= 0.3 is 26.2 Å². The molecule has 0 saturated heterocycles. The second kappa shape index (κ2) is 8.28. The molecule has 6 rings (SSSR count). The Kier molecular flexibility index (Phi) is 5.79. The second-order valence-electron chi connectivity index (χ2n) is 7.98. The van der Waals surface area contributed by atoms with E-state index in [0.29, 0.717) is 11.8 Å². The molecule has 27 heavy (non-hydrogen) atoms. The van der Waals surface area contributed by atoms with Crippen LogP contribution in [0.4, 0.5) is 0 Å². The van der Waals surface area contributed by atoms with Crippen molar-refractivity contribution in [3.63, 3.8) is 0 Å². The fraction of sp³-hybridized carbons (Fsp3) is 0.308. The predicted octanol–water partition coefficient (Wildman–Crippen LogP) is 6.60. The van der Waals surface area contributed by atoms with Crippen LogP contribution in [0.2, 0.25) is 0 Å². The molecule has 0 N–H and O–H groups in total. The van der Waals surface area contributed by atoms with Crippen molar-refractivity contribution in [2.75, 3.05) is 0 Å². The van der Waals surface area contributed by atoms with Crippen LogP contribution >= 0.6 is 0 Å².